The van der Waals surface area contributed by atoms with Crippen molar-refractivity contribution >= 4 is 11.6 Å². The number of nitrogens with zero attached hydrogens (tertiary/aromatic N) is 3. The van der Waals surface area contributed by atoms with Crippen LogP contribution in [0.1, 0.15) is 37.1 Å². The molecular formula is C13H23N5. The number of likely N-dealkylation sites (N-methyl/N-ethyl adjacent to an activating group) is 1. The highest BCUT2D eigenvalue weighted by atomic mass is 15.1. The highest BCUT2D eigenvalue weighted by Gasteiger charge is 2.27. The van der Waals surface area contributed by atoms with Crippen LogP contribution in [0, 0.1) is 6.92 Å². The molecule has 1 fully saturated rings. The van der Waals surface area contributed by atoms with Crippen LogP contribution in [0.4, 0.5) is 11.6 Å². The number of nitrogens with two attached hydrogens (primary N) is 1. The summed E-state index contributed by atoms with van der Waals surface area (Å²) in [6, 6.07) is 0.449. The summed E-state index contributed by atoms with van der Waals surface area (Å²) >= 11 is 0. The quantitative estimate of drug-likeness (QED) is 0.830. The van der Waals surface area contributed by atoms with E-state index in [1.165, 1.54) is 12.8 Å². The van der Waals surface area contributed by atoms with Crippen LogP contribution in [0.5, 0.6) is 0 Å². The van der Waals surface area contributed by atoms with Crippen molar-refractivity contribution in [2.24, 2.45) is 0 Å². The number of anilines is 2. The summed E-state index contributed by atoms with van der Waals surface area (Å²) in [6.07, 6.45) is 2.38. The Morgan fingerprint density at radius 3 is 2.61 bits per heavy atom. The van der Waals surface area contributed by atoms with E-state index in [0.29, 0.717) is 17.8 Å². The van der Waals surface area contributed by atoms with Crippen LogP contribution < -0.4 is 11.1 Å². The zero-order valence-corrected chi connectivity index (χ0v) is 11.7. The monoisotopic (exact) mass is 249 g/mol. The Balaban J connectivity index is 2.11. The molecule has 1 heterocycles. The smallest absolute Gasteiger partial charge is 0.136 e. The van der Waals surface area contributed by atoms with Gasteiger partial charge >= 0.3 is 0 Å². The Labute approximate surface area is 109 Å². The van der Waals surface area contributed by atoms with E-state index in [1.54, 1.807) is 0 Å². The predicted molar refractivity (Wildman–Crippen MR) is 74.8 cm³/mol. The van der Waals surface area contributed by atoms with E-state index >= 15 is 0 Å². The number of hydrogen-bond acceptors (Lipinski definition) is 5. The molecule has 0 radical (unpaired) electrons. The molecule has 1 aromatic rings. The molecule has 0 amide bonds. The largest absolute Gasteiger partial charge is 0.383 e. The van der Waals surface area contributed by atoms with Gasteiger partial charge in [-0.1, -0.05) is 0 Å². The third-order valence-corrected chi connectivity index (χ3v) is 3.59. The second-order valence-electron chi connectivity index (χ2n) is 5.41. The van der Waals surface area contributed by atoms with E-state index in [2.05, 4.69) is 41.2 Å². The van der Waals surface area contributed by atoms with Crippen molar-refractivity contribution in [3.05, 3.63) is 11.4 Å². The Hall–Kier alpha value is -1.36. The molecule has 100 valence electrons. The molecule has 5 nitrogen and oxygen atoms in total. The summed E-state index contributed by atoms with van der Waals surface area (Å²) in [6.45, 7) is 5.00. The minimum atomic E-state index is 0.449. The SMILES string of the molecule is Cc1c(N)nc(C2CC2)nc1NCC(C)N(C)C. The molecule has 0 aromatic carbocycles. The van der Waals surface area contributed by atoms with Gasteiger partial charge in [0.25, 0.3) is 0 Å². The van der Waals surface area contributed by atoms with Crippen LogP contribution in [0.2, 0.25) is 0 Å². The Morgan fingerprint density at radius 2 is 2.06 bits per heavy atom. The molecule has 5 heteroatoms. The Morgan fingerprint density at radius 1 is 1.39 bits per heavy atom. The molecule has 0 aliphatic heterocycles. The molecular weight excluding hydrogens is 226 g/mol. The molecule has 0 saturated heterocycles. The summed E-state index contributed by atoms with van der Waals surface area (Å²) in [4.78, 5) is 11.2. The van der Waals surface area contributed by atoms with Gasteiger partial charge < -0.3 is 16.0 Å². The fraction of sp³-hybridized carbons (Fsp3) is 0.692. The van der Waals surface area contributed by atoms with Crippen LogP contribution in [0.25, 0.3) is 0 Å². The summed E-state index contributed by atoms with van der Waals surface area (Å²) in [5.41, 5.74) is 6.90. The molecule has 18 heavy (non-hydrogen) atoms. The molecule has 1 unspecified atom stereocenters. The fourth-order valence-electron chi connectivity index (χ4n) is 1.68. The molecule has 0 bridgehead atoms. The first kappa shape index (κ1) is 13.1. The van der Waals surface area contributed by atoms with Gasteiger partial charge in [-0.3, -0.25) is 0 Å². The first-order valence-corrected chi connectivity index (χ1v) is 6.53. The van der Waals surface area contributed by atoms with Crippen molar-refractivity contribution in [3.63, 3.8) is 0 Å². The zero-order valence-electron chi connectivity index (χ0n) is 11.7. The highest BCUT2D eigenvalue weighted by molar-refractivity contribution is 5.55. The van der Waals surface area contributed by atoms with Crippen molar-refractivity contribution in [2.75, 3.05) is 31.7 Å². The van der Waals surface area contributed by atoms with Gasteiger partial charge in [0.2, 0.25) is 0 Å². The van der Waals surface area contributed by atoms with Gasteiger partial charge in [-0.2, -0.15) is 0 Å². The molecule has 2 rings (SSSR count). The van der Waals surface area contributed by atoms with Gasteiger partial charge in [0.1, 0.15) is 17.5 Å². The first-order valence-electron chi connectivity index (χ1n) is 6.53. The number of hydrogen-bond donors (Lipinski definition) is 2. The summed E-state index contributed by atoms with van der Waals surface area (Å²) in [5, 5.41) is 3.39. The van der Waals surface area contributed by atoms with Gasteiger partial charge in [0, 0.05) is 24.1 Å². The maximum absolute atomic E-state index is 5.95. The van der Waals surface area contributed by atoms with Crippen molar-refractivity contribution < 1.29 is 0 Å². The van der Waals surface area contributed by atoms with E-state index in [4.69, 9.17) is 5.73 Å². The van der Waals surface area contributed by atoms with E-state index in [9.17, 15) is 0 Å². The summed E-state index contributed by atoms with van der Waals surface area (Å²) in [7, 11) is 4.15. The van der Waals surface area contributed by atoms with Gasteiger partial charge in [0.15, 0.2) is 0 Å². The lowest BCUT2D eigenvalue weighted by Crippen LogP contribution is -2.32. The third kappa shape index (κ3) is 2.90. The maximum atomic E-state index is 5.95. The highest BCUT2D eigenvalue weighted by Crippen LogP contribution is 2.39. The second-order valence-corrected chi connectivity index (χ2v) is 5.41. The Kier molecular flexibility index (Phi) is 3.71. The molecule has 0 spiro atoms. The van der Waals surface area contributed by atoms with Crippen LogP contribution in [-0.4, -0.2) is 41.5 Å². The van der Waals surface area contributed by atoms with Crippen molar-refractivity contribution in [1.29, 1.82) is 0 Å². The van der Waals surface area contributed by atoms with Crippen molar-refractivity contribution in [3.8, 4) is 0 Å². The minimum Gasteiger partial charge on any atom is -0.383 e. The zero-order chi connectivity index (χ0) is 13.3. The van der Waals surface area contributed by atoms with Gasteiger partial charge in [-0.05, 0) is 40.8 Å². The van der Waals surface area contributed by atoms with E-state index in [-0.39, 0.29) is 0 Å². The molecule has 1 saturated carbocycles. The number of rotatable bonds is 5. The summed E-state index contributed by atoms with van der Waals surface area (Å²) in [5.74, 6) is 2.92. The third-order valence-electron chi connectivity index (χ3n) is 3.59. The van der Waals surface area contributed by atoms with Gasteiger partial charge in [-0.25, -0.2) is 9.97 Å². The Bertz CT molecular complexity index is 426. The van der Waals surface area contributed by atoms with Crippen LogP contribution in [-0.2, 0) is 0 Å². The number of nitrogen functional groups attached to an aromatic ring is 1. The average molecular weight is 249 g/mol. The normalized spacial score (nSPS) is 16.9. The number of aromatic nitrogens is 2. The summed E-state index contributed by atoms with van der Waals surface area (Å²) < 4.78 is 0. The van der Waals surface area contributed by atoms with Crippen LogP contribution in [0.15, 0.2) is 0 Å². The van der Waals surface area contributed by atoms with Crippen molar-refractivity contribution in [1.82, 2.24) is 14.9 Å². The number of nitrogens with one attached hydrogen (secondary N) is 1. The second kappa shape index (κ2) is 5.10. The standard InChI is InChI=1S/C13H23N5/c1-8(18(3)4)7-15-12-9(2)11(14)16-13(17-12)10-5-6-10/h8,10H,5-7H2,1-4H3,(H3,14,15,16,17). The lowest BCUT2D eigenvalue weighted by molar-refractivity contribution is 0.326. The van der Waals surface area contributed by atoms with Gasteiger partial charge in [-0.15, -0.1) is 0 Å². The molecule has 1 atom stereocenters. The lowest BCUT2D eigenvalue weighted by Gasteiger charge is -2.21. The molecule has 1 aliphatic rings. The van der Waals surface area contributed by atoms with E-state index in [1.807, 2.05) is 6.92 Å². The lowest BCUT2D eigenvalue weighted by atomic mass is 10.2. The predicted octanol–water partition coefficient (Wildman–Crippen LogP) is 1.61. The molecule has 3 N–H and O–H groups in total. The van der Waals surface area contributed by atoms with Crippen molar-refractivity contribution in [2.45, 2.75) is 38.6 Å². The van der Waals surface area contributed by atoms with E-state index < -0.39 is 0 Å². The van der Waals surface area contributed by atoms with Gasteiger partial charge in [0.05, 0.1) is 0 Å². The fourth-order valence-corrected chi connectivity index (χ4v) is 1.68. The average Bonchev–Trinajstić information content (AvgIpc) is 3.14. The minimum absolute atomic E-state index is 0.449. The first-order chi connectivity index (χ1) is 8.49. The van der Waals surface area contributed by atoms with Crippen LogP contribution >= 0.6 is 0 Å². The van der Waals surface area contributed by atoms with E-state index in [0.717, 1.165) is 23.8 Å². The molecule has 1 aromatic heterocycles. The maximum Gasteiger partial charge on any atom is 0.136 e. The topological polar surface area (TPSA) is 67.1 Å². The van der Waals surface area contributed by atoms with Crippen LogP contribution in [0.3, 0.4) is 0 Å². The molecule has 1 aliphatic carbocycles.